The molecule has 3 aromatic rings. The molecule has 0 spiro atoms. The molecule has 0 aliphatic rings. The van der Waals surface area contributed by atoms with Crippen LogP contribution in [-0.2, 0) is 0 Å². The molecule has 0 saturated heterocycles. The van der Waals surface area contributed by atoms with E-state index in [0.717, 1.165) is 11.1 Å². The summed E-state index contributed by atoms with van der Waals surface area (Å²) in [5, 5.41) is 10.9. The van der Waals surface area contributed by atoms with Crippen molar-refractivity contribution in [1.82, 2.24) is 15.0 Å². The molecule has 8 nitrogen and oxygen atoms in total. The summed E-state index contributed by atoms with van der Waals surface area (Å²) in [5.74, 6) is 0.470. The van der Waals surface area contributed by atoms with Crippen LogP contribution in [0.4, 0.5) is 17.6 Å². The van der Waals surface area contributed by atoms with Crippen molar-refractivity contribution in [3.05, 3.63) is 76.4 Å². The van der Waals surface area contributed by atoms with Gasteiger partial charge in [0.1, 0.15) is 0 Å². The number of nitrogens with zero attached hydrogens (tertiary/aromatic N) is 4. The summed E-state index contributed by atoms with van der Waals surface area (Å²) < 4.78 is 0. The SMILES string of the molecule is C=C(c1ccc(-c2nc(N)nc(N)n2)cc1)c1cccc([N+](=O)[O-])c1. The van der Waals surface area contributed by atoms with E-state index in [-0.39, 0.29) is 17.6 Å². The fraction of sp³-hybridized carbons (Fsp3) is 0. The lowest BCUT2D eigenvalue weighted by Crippen LogP contribution is -2.04. The summed E-state index contributed by atoms with van der Waals surface area (Å²) in [6, 6.07) is 13.6. The van der Waals surface area contributed by atoms with Gasteiger partial charge in [0, 0.05) is 17.7 Å². The third kappa shape index (κ3) is 3.42. The quantitative estimate of drug-likeness (QED) is 0.553. The Morgan fingerprint density at radius 1 is 0.960 bits per heavy atom. The Labute approximate surface area is 143 Å². The van der Waals surface area contributed by atoms with Gasteiger partial charge >= 0.3 is 0 Å². The lowest BCUT2D eigenvalue weighted by molar-refractivity contribution is -0.384. The highest BCUT2D eigenvalue weighted by molar-refractivity contribution is 5.79. The predicted molar refractivity (Wildman–Crippen MR) is 95.3 cm³/mol. The summed E-state index contributed by atoms with van der Waals surface area (Å²) >= 11 is 0. The zero-order valence-electron chi connectivity index (χ0n) is 13.1. The van der Waals surface area contributed by atoms with Gasteiger partial charge in [-0.05, 0) is 16.7 Å². The molecule has 25 heavy (non-hydrogen) atoms. The van der Waals surface area contributed by atoms with Gasteiger partial charge < -0.3 is 11.5 Å². The van der Waals surface area contributed by atoms with Crippen molar-refractivity contribution in [2.45, 2.75) is 0 Å². The van der Waals surface area contributed by atoms with Crippen molar-refractivity contribution in [1.29, 1.82) is 0 Å². The van der Waals surface area contributed by atoms with E-state index in [0.29, 0.717) is 17.0 Å². The number of nitrogens with two attached hydrogens (primary N) is 2. The van der Waals surface area contributed by atoms with Gasteiger partial charge in [0.15, 0.2) is 5.82 Å². The van der Waals surface area contributed by atoms with Crippen LogP contribution in [0.2, 0.25) is 0 Å². The van der Waals surface area contributed by atoms with Crippen LogP contribution in [0.1, 0.15) is 11.1 Å². The van der Waals surface area contributed by atoms with Crippen LogP contribution in [-0.4, -0.2) is 19.9 Å². The first-order chi connectivity index (χ1) is 11.9. The van der Waals surface area contributed by atoms with E-state index in [1.54, 1.807) is 24.3 Å². The molecule has 0 bridgehead atoms. The summed E-state index contributed by atoms with van der Waals surface area (Å²) in [6.07, 6.45) is 0. The van der Waals surface area contributed by atoms with Crippen molar-refractivity contribution < 1.29 is 4.92 Å². The van der Waals surface area contributed by atoms with Gasteiger partial charge in [-0.3, -0.25) is 10.1 Å². The standard InChI is InChI=1S/C17H14N6O2/c1-10(13-3-2-4-14(9-13)23(24)25)11-5-7-12(8-6-11)15-20-16(18)22-17(19)21-15/h2-9H,1H2,(H4,18,19,20,21,22). The largest absolute Gasteiger partial charge is 0.368 e. The Morgan fingerprint density at radius 2 is 1.60 bits per heavy atom. The first-order valence-corrected chi connectivity index (χ1v) is 7.25. The number of hydrogen-bond donors (Lipinski definition) is 2. The van der Waals surface area contributed by atoms with E-state index in [1.807, 2.05) is 12.1 Å². The van der Waals surface area contributed by atoms with Crippen molar-refractivity contribution in [3.63, 3.8) is 0 Å². The highest BCUT2D eigenvalue weighted by Crippen LogP contribution is 2.26. The monoisotopic (exact) mass is 334 g/mol. The second-order valence-electron chi connectivity index (χ2n) is 5.24. The van der Waals surface area contributed by atoms with E-state index in [4.69, 9.17) is 11.5 Å². The van der Waals surface area contributed by atoms with Crippen LogP contribution in [0.15, 0.2) is 55.1 Å². The molecule has 0 unspecified atom stereocenters. The zero-order chi connectivity index (χ0) is 18.0. The first kappa shape index (κ1) is 16.1. The Kier molecular flexibility index (Phi) is 4.09. The lowest BCUT2D eigenvalue weighted by Gasteiger charge is -2.08. The van der Waals surface area contributed by atoms with Gasteiger partial charge in [-0.25, -0.2) is 0 Å². The second-order valence-corrected chi connectivity index (χ2v) is 5.24. The molecule has 124 valence electrons. The Morgan fingerprint density at radius 3 is 2.20 bits per heavy atom. The smallest absolute Gasteiger partial charge is 0.270 e. The highest BCUT2D eigenvalue weighted by Gasteiger charge is 2.10. The molecule has 0 atom stereocenters. The first-order valence-electron chi connectivity index (χ1n) is 7.25. The fourth-order valence-corrected chi connectivity index (χ4v) is 2.33. The fourth-order valence-electron chi connectivity index (χ4n) is 2.33. The van der Waals surface area contributed by atoms with Gasteiger partial charge in [-0.2, -0.15) is 15.0 Å². The Balaban J connectivity index is 1.90. The third-order valence-corrected chi connectivity index (χ3v) is 3.57. The number of non-ortho nitro benzene ring substituents is 1. The van der Waals surface area contributed by atoms with E-state index in [2.05, 4.69) is 21.5 Å². The molecule has 0 amide bonds. The van der Waals surface area contributed by atoms with Gasteiger partial charge in [-0.15, -0.1) is 0 Å². The van der Waals surface area contributed by atoms with Crippen LogP contribution in [0.5, 0.6) is 0 Å². The lowest BCUT2D eigenvalue weighted by atomic mass is 9.98. The van der Waals surface area contributed by atoms with Crippen LogP contribution >= 0.6 is 0 Å². The van der Waals surface area contributed by atoms with Crippen LogP contribution in [0.25, 0.3) is 17.0 Å². The normalized spacial score (nSPS) is 10.4. The molecule has 0 aliphatic heterocycles. The number of anilines is 2. The molecule has 8 heteroatoms. The molecule has 1 heterocycles. The van der Waals surface area contributed by atoms with Gasteiger partial charge in [0.25, 0.3) is 5.69 Å². The van der Waals surface area contributed by atoms with Crippen LogP contribution < -0.4 is 11.5 Å². The van der Waals surface area contributed by atoms with E-state index in [9.17, 15) is 10.1 Å². The molecular formula is C17H14N6O2. The minimum absolute atomic E-state index is 0.0198. The molecule has 0 radical (unpaired) electrons. The second kappa shape index (κ2) is 6.36. The van der Waals surface area contributed by atoms with E-state index >= 15 is 0 Å². The maximum atomic E-state index is 10.9. The summed E-state index contributed by atoms with van der Waals surface area (Å²) in [7, 11) is 0. The molecular weight excluding hydrogens is 320 g/mol. The number of nitrogen functional groups attached to an aromatic ring is 2. The maximum Gasteiger partial charge on any atom is 0.270 e. The molecule has 0 saturated carbocycles. The topological polar surface area (TPSA) is 134 Å². The summed E-state index contributed by atoms with van der Waals surface area (Å²) in [6.45, 7) is 4.02. The summed E-state index contributed by atoms with van der Waals surface area (Å²) in [5.41, 5.74) is 14.1. The zero-order valence-corrected chi connectivity index (χ0v) is 13.1. The molecule has 2 aromatic carbocycles. The maximum absolute atomic E-state index is 10.9. The Hall–Kier alpha value is -3.81. The number of nitro benzene ring substituents is 1. The predicted octanol–water partition coefficient (Wildman–Crippen LogP) is 2.67. The van der Waals surface area contributed by atoms with Gasteiger partial charge in [0.2, 0.25) is 11.9 Å². The number of rotatable bonds is 4. The highest BCUT2D eigenvalue weighted by atomic mass is 16.6. The van der Waals surface area contributed by atoms with E-state index < -0.39 is 4.92 Å². The Bertz CT molecular complexity index is 949. The number of benzene rings is 2. The van der Waals surface area contributed by atoms with Crippen molar-refractivity contribution in [3.8, 4) is 11.4 Å². The number of hydrogen-bond acceptors (Lipinski definition) is 7. The minimum Gasteiger partial charge on any atom is -0.368 e. The molecule has 3 rings (SSSR count). The molecule has 0 aliphatic carbocycles. The van der Waals surface area contributed by atoms with E-state index in [1.165, 1.54) is 12.1 Å². The van der Waals surface area contributed by atoms with Crippen molar-refractivity contribution in [2.24, 2.45) is 0 Å². The number of aromatic nitrogens is 3. The van der Waals surface area contributed by atoms with Crippen LogP contribution in [0, 0.1) is 10.1 Å². The number of nitro groups is 1. The van der Waals surface area contributed by atoms with Crippen molar-refractivity contribution >= 4 is 23.2 Å². The van der Waals surface area contributed by atoms with Gasteiger partial charge in [-0.1, -0.05) is 43.0 Å². The minimum atomic E-state index is -0.435. The third-order valence-electron chi connectivity index (χ3n) is 3.57. The summed E-state index contributed by atoms with van der Waals surface area (Å²) in [4.78, 5) is 22.3. The van der Waals surface area contributed by atoms with Gasteiger partial charge in [0.05, 0.1) is 4.92 Å². The average molecular weight is 334 g/mol. The molecule has 4 N–H and O–H groups in total. The molecule has 0 fully saturated rings. The average Bonchev–Trinajstić information content (AvgIpc) is 2.60. The van der Waals surface area contributed by atoms with Crippen molar-refractivity contribution in [2.75, 3.05) is 11.5 Å². The van der Waals surface area contributed by atoms with Crippen LogP contribution in [0.3, 0.4) is 0 Å². The molecule has 1 aromatic heterocycles.